The summed E-state index contributed by atoms with van der Waals surface area (Å²) < 4.78 is 7.15. The first-order chi connectivity index (χ1) is 17.3. The fourth-order valence-corrected chi connectivity index (χ4v) is 5.81. The van der Waals surface area contributed by atoms with Gasteiger partial charge in [-0.3, -0.25) is 19.3 Å². The number of hydrogen-bond acceptors (Lipinski definition) is 6. The van der Waals surface area contributed by atoms with E-state index >= 15 is 0 Å². The zero-order chi connectivity index (χ0) is 27.5. The van der Waals surface area contributed by atoms with E-state index < -0.39 is 6.10 Å². The molecule has 1 N–H and O–H groups in total. The number of amides is 1. The van der Waals surface area contributed by atoms with Gasteiger partial charge in [0.1, 0.15) is 0 Å². The number of nitrogens with zero attached hydrogens (tertiary/aromatic N) is 4. The molecule has 0 aromatic carbocycles. The van der Waals surface area contributed by atoms with Crippen molar-refractivity contribution < 1.29 is 19.4 Å². The Kier molecular flexibility index (Phi) is 9.64. The Morgan fingerprint density at radius 3 is 2.43 bits per heavy atom. The third-order valence-corrected chi connectivity index (χ3v) is 7.52. The van der Waals surface area contributed by atoms with Crippen molar-refractivity contribution in [1.82, 2.24) is 19.7 Å². The number of carbonyl (C=O) groups excluding carboxylic acids is 2. The van der Waals surface area contributed by atoms with Gasteiger partial charge in [0.05, 0.1) is 53.0 Å². The molecule has 0 spiro atoms. The van der Waals surface area contributed by atoms with E-state index in [0.717, 1.165) is 25.0 Å². The van der Waals surface area contributed by atoms with E-state index in [9.17, 15) is 14.7 Å². The highest BCUT2D eigenvalue weighted by Crippen LogP contribution is 2.38. The molecule has 1 fully saturated rings. The molecule has 2 aromatic heterocycles. The molecule has 0 bridgehead atoms. The largest absolute Gasteiger partial charge is 0.466 e. The third kappa shape index (κ3) is 7.03. The van der Waals surface area contributed by atoms with Crippen molar-refractivity contribution in [2.75, 3.05) is 19.7 Å². The van der Waals surface area contributed by atoms with Gasteiger partial charge in [0, 0.05) is 30.2 Å². The van der Waals surface area contributed by atoms with Crippen molar-refractivity contribution in [3.63, 3.8) is 0 Å². The lowest BCUT2D eigenvalue weighted by atomic mass is 9.78. The molecular weight excluding hydrogens is 515 g/mol. The van der Waals surface area contributed by atoms with Crippen molar-refractivity contribution in [2.45, 2.75) is 73.0 Å². The fourth-order valence-electron chi connectivity index (χ4n) is 5.19. The minimum absolute atomic E-state index is 0.0197. The molecule has 1 saturated carbocycles. The van der Waals surface area contributed by atoms with Crippen LogP contribution in [0.2, 0.25) is 10.0 Å². The molecule has 4 atom stereocenters. The predicted octanol–water partition coefficient (Wildman–Crippen LogP) is 5.66. The monoisotopic (exact) mass is 552 g/mol. The van der Waals surface area contributed by atoms with Crippen LogP contribution < -0.4 is 0 Å². The van der Waals surface area contributed by atoms with Crippen LogP contribution in [0.4, 0.5) is 0 Å². The van der Waals surface area contributed by atoms with Crippen molar-refractivity contribution >= 4 is 35.1 Å². The van der Waals surface area contributed by atoms with Gasteiger partial charge in [0.2, 0.25) is 0 Å². The minimum Gasteiger partial charge on any atom is -0.466 e. The van der Waals surface area contributed by atoms with Crippen molar-refractivity contribution in [2.24, 2.45) is 17.3 Å². The molecule has 10 heteroatoms. The lowest BCUT2D eigenvalue weighted by Gasteiger charge is -2.33. The van der Waals surface area contributed by atoms with Crippen LogP contribution in [0.25, 0.3) is 0 Å². The summed E-state index contributed by atoms with van der Waals surface area (Å²) in [6, 6.07) is 0.0957. The molecule has 2 aromatic rings. The van der Waals surface area contributed by atoms with E-state index in [1.165, 1.54) is 12.4 Å². The maximum atomic E-state index is 13.8. The molecule has 0 saturated heterocycles. The number of rotatable bonds is 8. The maximum absolute atomic E-state index is 13.8. The highest BCUT2D eigenvalue weighted by Gasteiger charge is 2.36. The molecule has 8 nitrogen and oxygen atoms in total. The van der Waals surface area contributed by atoms with Crippen LogP contribution in [-0.4, -0.2) is 56.3 Å². The van der Waals surface area contributed by atoms with E-state index in [1.54, 1.807) is 11.1 Å². The Bertz CT molecular complexity index is 1090. The van der Waals surface area contributed by atoms with Gasteiger partial charge < -0.3 is 14.7 Å². The van der Waals surface area contributed by atoms with E-state index in [0.29, 0.717) is 24.3 Å². The van der Waals surface area contributed by atoms with Crippen LogP contribution in [0.5, 0.6) is 0 Å². The summed E-state index contributed by atoms with van der Waals surface area (Å²) in [7, 11) is 0. The molecule has 2 heterocycles. The molecule has 37 heavy (non-hydrogen) atoms. The molecule has 1 aliphatic rings. The number of halogens is 2. The highest BCUT2D eigenvalue weighted by molar-refractivity contribution is 6.35. The normalized spacial score (nSPS) is 20.9. The van der Waals surface area contributed by atoms with Gasteiger partial charge >= 0.3 is 5.97 Å². The Labute approximate surface area is 229 Å². The van der Waals surface area contributed by atoms with E-state index in [1.807, 2.05) is 39.3 Å². The van der Waals surface area contributed by atoms with Gasteiger partial charge in [-0.15, -0.1) is 0 Å². The second-order valence-electron chi connectivity index (χ2n) is 11.2. The fraction of sp³-hybridized carbons (Fsp3) is 0.630. The molecular formula is C27H38Cl2N4O4. The van der Waals surface area contributed by atoms with Gasteiger partial charge in [-0.1, -0.05) is 50.9 Å². The van der Waals surface area contributed by atoms with Crippen LogP contribution in [0.15, 0.2) is 18.6 Å². The number of aliphatic hydroxyl groups excluding tert-OH is 1. The first-order valence-corrected chi connectivity index (χ1v) is 13.6. The van der Waals surface area contributed by atoms with Crippen LogP contribution >= 0.6 is 23.2 Å². The summed E-state index contributed by atoms with van der Waals surface area (Å²) in [6.07, 6.45) is 5.67. The smallest absolute Gasteiger partial charge is 0.309 e. The number of aromatic nitrogens is 3. The number of carbonyl (C=O) groups is 2. The van der Waals surface area contributed by atoms with Gasteiger partial charge in [0.15, 0.2) is 0 Å². The number of esters is 1. The molecule has 1 unspecified atom stereocenters. The van der Waals surface area contributed by atoms with Crippen LogP contribution in [0.3, 0.4) is 0 Å². The lowest BCUT2D eigenvalue weighted by Crippen LogP contribution is -2.40. The maximum Gasteiger partial charge on any atom is 0.309 e. The molecule has 204 valence electrons. The molecule has 1 amide bonds. The van der Waals surface area contributed by atoms with Gasteiger partial charge in [-0.2, -0.15) is 5.10 Å². The average molecular weight is 554 g/mol. The SMILES string of the molecule is CCOC(=O)[C@H]1CC[C@H](n2ncc(C(=O)N(CC(O)c3c(Cl)cncc3Cl)CC(C)(C)C)c2C)C[C@@H]1C. The van der Waals surface area contributed by atoms with Gasteiger partial charge in [-0.05, 0) is 44.4 Å². The average Bonchev–Trinajstić information content (AvgIpc) is 3.18. The van der Waals surface area contributed by atoms with Gasteiger partial charge in [-0.25, -0.2) is 0 Å². The summed E-state index contributed by atoms with van der Waals surface area (Å²) in [6.45, 7) is 12.7. The summed E-state index contributed by atoms with van der Waals surface area (Å²) in [5.74, 6) is -0.300. The summed E-state index contributed by atoms with van der Waals surface area (Å²) in [5, 5.41) is 16.1. The van der Waals surface area contributed by atoms with Crippen molar-refractivity contribution in [1.29, 1.82) is 0 Å². The first kappa shape index (κ1) is 29.4. The summed E-state index contributed by atoms with van der Waals surface area (Å²) in [5.41, 5.74) is 1.39. The first-order valence-electron chi connectivity index (χ1n) is 12.8. The Balaban J connectivity index is 1.81. The summed E-state index contributed by atoms with van der Waals surface area (Å²) in [4.78, 5) is 31.6. The Morgan fingerprint density at radius 1 is 1.22 bits per heavy atom. The highest BCUT2D eigenvalue weighted by atomic mass is 35.5. The molecule has 1 aliphatic carbocycles. The standard InChI is InChI=1S/C27H38Cl2N4O4/c1-7-37-26(36)19-9-8-18(10-16(19)2)33-17(3)20(11-31-33)25(35)32(15-27(4,5)6)14-23(34)24-21(28)12-30-13-22(24)29/h11-13,16,18-19,23,34H,7-10,14-15H2,1-6H3/t16-,18-,19-,23?/m0/s1. The number of ether oxygens (including phenoxy) is 1. The predicted molar refractivity (Wildman–Crippen MR) is 144 cm³/mol. The number of aliphatic hydroxyl groups is 1. The minimum atomic E-state index is -1.08. The molecule has 3 rings (SSSR count). The number of hydrogen-bond donors (Lipinski definition) is 1. The van der Waals surface area contributed by atoms with E-state index in [4.69, 9.17) is 27.9 Å². The summed E-state index contributed by atoms with van der Waals surface area (Å²) >= 11 is 12.5. The zero-order valence-corrected chi connectivity index (χ0v) is 24.0. The van der Waals surface area contributed by atoms with Crippen LogP contribution in [0, 0.1) is 24.2 Å². The van der Waals surface area contributed by atoms with Crippen LogP contribution in [0.1, 0.15) is 87.6 Å². The van der Waals surface area contributed by atoms with Crippen molar-refractivity contribution in [3.8, 4) is 0 Å². The Morgan fingerprint density at radius 2 is 1.86 bits per heavy atom. The zero-order valence-electron chi connectivity index (χ0n) is 22.5. The Hall–Kier alpha value is -2.16. The third-order valence-electron chi connectivity index (χ3n) is 6.92. The van der Waals surface area contributed by atoms with E-state index in [-0.39, 0.29) is 51.8 Å². The van der Waals surface area contributed by atoms with Crippen LogP contribution in [-0.2, 0) is 9.53 Å². The lowest BCUT2D eigenvalue weighted by molar-refractivity contribution is -0.151. The van der Waals surface area contributed by atoms with E-state index in [2.05, 4.69) is 17.0 Å². The second kappa shape index (κ2) is 12.1. The molecule has 0 radical (unpaired) electrons. The van der Waals surface area contributed by atoms with Gasteiger partial charge in [0.25, 0.3) is 5.91 Å². The quantitative estimate of drug-likeness (QED) is 0.424. The molecule has 0 aliphatic heterocycles. The van der Waals surface area contributed by atoms with Crippen molar-refractivity contribution in [3.05, 3.63) is 45.5 Å². The topological polar surface area (TPSA) is 97.6 Å². The second-order valence-corrected chi connectivity index (χ2v) is 12.0. The number of pyridine rings is 1.